The van der Waals surface area contributed by atoms with Crippen LogP contribution in [0.15, 0.2) is 12.1 Å². The zero-order valence-corrected chi connectivity index (χ0v) is 11.7. The van der Waals surface area contributed by atoms with E-state index in [1.807, 2.05) is 6.07 Å². The van der Waals surface area contributed by atoms with Crippen LogP contribution in [-0.4, -0.2) is 30.3 Å². The molecule has 0 spiro atoms. The Hall–Kier alpha value is -0.380. The quantitative estimate of drug-likeness (QED) is 0.776. The van der Waals surface area contributed by atoms with Gasteiger partial charge in [-0.15, -0.1) is 11.3 Å². The van der Waals surface area contributed by atoms with E-state index in [2.05, 4.69) is 11.9 Å². The molecule has 2 nitrogen and oxygen atoms in total. The first-order valence-electron chi connectivity index (χ1n) is 6.15. The zero-order valence-electron chi connectivity index (χ0n) is 10.1. The third kappa shape index (κ3) is 3.54. The van der Waals surface area contributed by atoms with Crippen LogP contribution in [0.2, 0.25) is 4.34 Å². The number of hydrogen-bond donors (Lipinski definition) is 0. The summed E-state index contributed by atoms with van der Waals surface area (Å²) in [6.45, 7) is 0.515. The van der Waals surface area contributed by atoms with E-state index in [9.17, 15) is 4.79 Å². The van der Waals surface area contributed by atoms with Crippen LogP contribution in [0.5, 0.6) is 0 Å². The molecular formula is C13H18ClNOS. The SMILES string of the molecule is CN(CC(=O)c1ccc(Cl)s1)C1CCCCC1. The molecule has 1 aromatic rings. The summed E-state index contributed by atoms with van der Waals surface area (Å²) < 4.78 is 0.689. The molecule has 17 heavy (non-hydrogen) atoms. The summed E-state index contributed by atoms with van der Waals surface area (Å²) in [4.78, 5) is 15.0. The Morgan fingerprint density at radius 3 is 2.71 bits per heavy atom. The van der Waals surface area contributed by atoms with Gasteiger partial charge in [-0.3, -0.25) is 9.69 Å². The summed E-state index contributed by atoms with van der Waals surface area (Å²) in [6, 6.07) is 4.20. The summed E-state index contributed by atoms with van der Waals surface area (Å²) >= 11 is 7.22. The molecule has 0 atom stereocenters. The van der Waals surface area contributed by atoms with Crippen molar-refractivity contribution >= 4 is 28.7 Å². The molecule has 2 rings (SSSR count). The van der Waals surface area contributed by atoms with Crippen molar-refractivity contribution in [1.82, 2.24) is 4.90 Å². The molecule has 1 aromatic heterocycles. The van der Waals surface area contributed by atoms with E-state index in [0.29, 0.717) is 16.9 Å². The van der Waals surface area contributed by atoms with Crippen molar-refractivity contribution < 1.29 is 4.79 Å². The molecule has 1 heterocycles. The van der Waals surface area contributed by atoms with Gasteiger partial charge < -0.3 is 0 Å². The first-order valence-corrected chi connectivity index (χ1v) is 7.35. The third-order valence-electron chi connectivity index (χ3n) is 3.44. The van der Waals surface area contributed by atoms with Gasteiger partial charge in [0.05, 0.1) is 15.8 Å². The predicted octanol–water partition coefficient (Wildman–Crippen LogP) is 3.85. The normalized spacial score (nSPS) is 17.6. The lowest BCUT2D eigenvalue weighted by atomic mass is 9.94. The molecule has 0 aromatic carbocycles. The van der Waals surface area contributed by atoms with Crippen molar-refractivity contribution in [1.29, 1.82) is 0 Å². The highest BCUT2D eigenvalue weighted by Gasteiger charge is 2.20. The number of rotatable bonds is 4. The molecule has 0 saturated heterocycles. The van der Waals surface area contributed by atoms with Gasteiger partial charge in [-0.05, 0) is 32.0 Å². The number of halogens is 1. The van der Waals surface area contributed by atoms with Crippen LogP contribution in [0.4, 0.5) is 0 Å². The maximum Gasteiger partial charge on any atom is 0.186 e. The van der Waals surface area contributed by atoms with E-state index < -0.39 is 0 Å². The molecule has 1 aliphatic carbocycles. The van der Waals surface area contributed by atoms with Crippen molar-refractivity contribution in [3.8, 4) is 0 Å². The Morgan fingerprint density at radius 2 is 2.12 bits per heavy atom. The third-order valence-corrected chi connectivity index (χ3v) is 4.71. The molecule has 94 valence electrons. The van der Waals surface area contributed by atoms with Crippen LogP contribution in [-0.2, 0) is 0 Å². The fraction of sp³-hybridized carbons (Fsp3) is 0.615. The summed E-state index contributed by atoms with van der Waals surface area (Å²) in [5, 5.41) is 0. The van der Waals surface area contributed by atoms with Gasteiger partial charge in [0.25, 0.3) is 0 Å². The predicted molar refractivity (Wildman–Crippen MR) is 73.2 cm³/mol. The number of carbonyl (C=O) groups is 1. The fourth-order valence-corrected chi connectivity index (χ4v) is 3.39. The Labute approximate surface area is 112 Å². The molecule has 1 saturated carbocycles. The van der Waals surface area contributed by atoms with Gasteiger partial charge in [0.2, 0.25) is 0 Å². The number of likely N-dealkylation sites (N-methyl/N-ethyl adjacent to an activating group) is 1. The van der Waals surface area contributed by atoms with Crippen molar-refractivity contribution in [3.05, 3.63) is 21.3 Å². The minimum Gasteiger partial charge on any atom is -0.296 e. The highest BCUT2D eigenvalue weighted by atomic mass is 35.5. The lowest BCUT2D eigenvalue weighted by molar-refractivity contribution is 0.0903. The number of thiophene rings is 1. The Bertz CT molecular complexity index is 385. The van der Waals surface area contributed by atoms with Gasteiger partial charge in [0.1, 0.15) is 0 Å². The smallest absolute Gasteiger partial charge is 0.186 e. The van der Waals surface area contributed by atoms with Crippen molar-refractivity contribution in [2.45, 2.75) is 38.1 Å². The Kier molecular flexibility index (Phi) is 4.60. The van der Waals surface area contributed by atoms with E-state index in [1.165, 1.54) is 43.4 Å². The maximum atomic E-state index is 12.0. The van der Waals surface area contributed by atoms with Gasteiger partial charge in [0.15, 0.2) is 5.78 Å². The molecule has 1 fully saturated rings. The highest BCUT2D eigenvalue weighted by molar-refractivity contribution is 7.18. The van der Waals surface area contributed by atoms with Crippen LogP contribution in [0.3, 0.4) is 0 Å². The topological polar surface area (TPSA) is 20.3 Å². The molecule has 0 radical (unpaired) electrons. The number of nitrogens with zero attached hydrogens (tertiary/aromatic N) is 1. The zero-order chi connectivity index (χ0) is 12.3. The molecule has 1 aliphatic rings. The highest BCUT2D eigenvalue weighted by Crippen LogP contribution is 2.24. The van der Waals surface area contributed by atoms with E-state index >= 15 is 0 Å². The lowest BCUT2D eigenvalue weighted by Crippen LogP contribution is -2.37. The van der Waals surface area contributed by atoms with Crippen molar-refractivity contribution in [2.75, 3.05) is 13.6 Å². The van der Waals surface area contributed by atoms with Crippen LogP contribution in [0, 0.1) is 0 Å². The average molecular weight is 272 g/mol. The Morgan fingerprint density at radius 1 is 1.41 bits per heavy atom. The van der Waals surface area contributed by atoms with Crippen LogP contribution in [0.25, 0.3) is 0 Å². The number of hydrogen-bond acceptors (Lipinski definition) is 3. The standard InChI is InChI=1S/C13H18ClNOS/c1-15(10-5-3-2-4-6-10)9-11(16)12-7-8-13(14)17-12/h7-8,10H,2-6,9H2,1H3. The molecule has 0 N–H and O–H groups in total. The van der Waals surface area contributed by atoms with E-state index in [0.717, 1.165) is 4.88 Å². The number of ketones is 1. The first kappa shape index (κ1) is 13.1. The van der Waals surface area contributed by atoms with Crippen LogP contribution < -0.4 is 0 Å². The van der Waals surface area contributed by atoms with Crippen LogP contribution >= 0.6 is 22.9 Å². The van der Waals surface area contributed by atoms with Gasteiger partial charge in [-0.1, -0.05) is 30.9 Å². The van der Waals surface area contributed by atoms with E-state index in [1.54, 1.807) is 6.07 Å². The van der Waals surface area contributed by atoms with Gasteiger partial charge in [-0.2, -0.15) is 0 Å². The second-order valence-electron chi connectivity index (χ2n) is 4.73. The van der Waals surface area contributed by atoms with Gasteiger partial charge in [-0.25, -0.2) is 0 Å². The van der Waals surface area contributed by atoms with E-state index in [4.69, 9.17) is 11.6 Å². The van der Waals surface area contributed by atoms with Crippen molar-refractivity contribution in [3.63, 3.8) is 0 Å². The second kappa shape index (κ2) is 5.98. The molecule has 0 amide bonds. The van der Waals surface area contributed by atoms with E-state index in [-0.39, 0.29) is 5.78 Å². The molecular weight excluding hydrogens is 254 g/mol. The average Bonchev–Trinajstić information content (AvgIpc) is 2.77. The number of carbonyl (C=O) groups excluding carboxylic acids is 1. The largest absolute Gasteiger partial charge is 0.296 e. The Balaban J connectivity index is 1.89. The summed E-state index contributed by atoms with van der Waals surface area (Å²) in [6.07, 6.45) is 6.41. The first-order chi connectivity index (χ1) is 8.16. The summed E-state index contributed by atoms with van der Waals surface area (Å²) in [5.74, 6) is 0.190. The lowest BCUT2D eigenvalue weighted by Gasteiger charge is -2.30. The number of Topliss-reactive ketones (excluding diaryl/α,β-unsaturated/α-hetero) is 1. The minimum atomic E-state index is 0.190. The summed E-state index contributed by atoms with van der Waals surface area (Å²) in [7, 11) is 2.06. The molecule has 4 heteroatoms. The second-order valence-corrected chi connectivity index (χ2v) is 6.45. The van der Waals surface area contributed by atoms with Crippen LogP contribution in [0.1, 0.15) is 41.8 Å². The van der Waals surface area contributed by atoms with Crippen molar-refractivity contribution in [2.24, 2.45) is 0 Å². The maximum absolute atomic E-state index is 12.0. The van der Waals surface area contributed by atoms with Gasteiger partial charge >= 0.3 is 0 Å². The van der Waals surface area contributed by atoms with Gasteiger partial charge in [0, 0.05) is 6.04 Å². The molecule has 0 aliphatic heterocycles. The monoisotopic (exact) mass is 271 g/mol. The minimum absolute atomic E-state index is 0.190. The molecule has 0 bridgehead atoms. The fourth-order valence-electron chi connectivity index (χ4n) is 2.42. The summed E-state index contributed by atoms with van der Waals surface area (Å²) in [5.41, 5.74) is 0. The molecule has 0 unspecified atom stereocenters.